The molecule has 14 heavy (non-hydrogen) atoms. The lowest BCUT2D eigenvalue weighted by atomic mass is 10.1. The second kappa shape index (κ2) is 3.30. The highest BCUT2D eigenvalue weighted by atomic mass is 15.3. The number of rotatable bonds is 1. The summed E-state index contributed by atoms with van der Waals surface area (Å²) in [4.78, 5) is 4.43. The van der Waals surface area contributed by atoms with E-state index in [0.29, 0.717) is 18.0 Å². The predicted octanol–water partition coefficient (Wildman–Crippen LogP) is 2.77. The lowest BCUT2D eigenvalue weighted by Gasteiger charge is -2.30. The SMILES string of the molecule is CC1CC(C)n2c(C(C)C)cnc2N1. The van der Waals surface area contributed by atoms with Crippen molar-refractivity contribution in [2.24, 2.45) is 0 Å². The molecule has 1 aliphatic heterocycles. The normalized spacial score (nSPS) is 26.1. The molecule has 3 nitrogen and oxygen atoms in total. The number of nitrogens with zero attached hydrogens (tertiary/aromatic N) is 2. The van der Waals surface area contributed by atoms with Crippen LogP contribution in [-0.4, -0.2) is 15.6 Å². The average Bonchev–Trinajstić information content (AvgIpc) is 2.47. The molecule has 1 N–H and O–H groups in total. The fourth-order valence-corrected chi connectivity index (χ4v) is 2.27. The quantitative estimate of drug-likeness (QED) is 0.743. The standard InChI is InChI=1S/C11H19N3/c1-7(2)10-6-12-11-13-8(3)5-9(4)14(10)11/h6-9H,5H2,1-4H3,(H,12,13). The van der Waals surface area contributed by atoms with Crippen molar-refractivity contribution in [1.29, 1.82) is 0 Å². The Kier molecular flexibility index (Phi) is 2.25. The maximum Gasteiger partial charge on any atom is 0.203 e. The van der Waals surface area contributed by atoms with Crippen LogP contribution in [0, 0.1) is 0 Å². The highest BCUT2D eigenvalue weighted by molar-refractivity contribution is 5.34. The zero-order valence-electron chi connectivity index (χ0n) is 9.41. The van der Waals surface area contributed by atoms with Crippen LogP contribution in [-0.2, 0) is 0 Å². The highest BCUT2D eigenvalue weighted by Crippen LogP contribution is 2.30. The van der Waals surface area contributed by atoms with Crippen LogP contribution < -0.4 is 5.32 Å². The number of aromatic nitrogens is 2. The minimum Gasteiger partial charge on any atom is -0.353 e. The Morgan fingerprint density at radius 1 is 1.50 bits per heavy atom. The van der Waals surface area contributed by atoms with Crippen LogP contribution in [0.1, 0.15) is 51.8 Å². The van der Waals surface area contributed by atoms with E-state index in [-0.39, 0.29) is 0 Å². The summed E-state index contributed by atoms with van der Waals surface area (Å²) in [7, 11) is 0. The second-order valence-electron chi connectivity index (χ2n) is 4.66. The second-order valence-corrected chi connectivity index (χ2v) is 4.66. The van der Waals surface area contributed by atoms with Crippen molar-refractivity contribution in [1.82, 2.24) is 9.55 Å². The number of hydrogen-bond donors (Lipinski definition) is 1. The summed E-state index contributed by atoms with van der Waals surface area (Å²) < 4.78 is 2.34. The van der Waals surface area contributed by atoms with Gasteiger partial charge in [-0.25, -0.2) is 4.98 Å². The molecular formula is C11H19N3. The van der Waals surface area contributed by atoms with E-state index in [1.807, 2.05) is 6.20 Å². The first-order valence-electron chi connectivity index (χ1n) is 5.43. The van der Waals surface area contributed by atoms with Crippen molar-refractivity contribution in [3.05, 3.63) is 11.9 Å². The molecule has 0 amide bonds. The fraction of sp³-hybridized carbons (Fsp3) is 0.727. The van der Waals surface area contributed by atoms with Gasteiger partial charge >= 0.3 is 0 Å². The molecule has 2 atom stereocenters. The maximum absolute atomic E-state index is 4.43. The molecule has 1 aromatic rings. The third-order valence-electron chi connectivity index (χ3n) is 2.93. The maximum atomic E-state index is 4.43. The van der Waals surface area contributed by atoms with Crippen molar-refractivity contribution < 1.29 is 0 Å². The van der Waals surface area contributed by atoms with Crippen LogP contribution in [0.3, 0.4) is 0 Å². The molecule has 0 radical (unpaired) electrons. The Bertz CT molecular complexity index is 327. The van der Waals surface area contributed by atoms with E-state index in [1.165, 1.54) is 12.1 Å². The molecule has 2 heterocycles. The van der Waals surface area contributed by atoms with Gasteiger partial charge in [-0.3, -0.25) is 0 Å². The first-order valence-corrected chi connectivity index (χ1v) is 5.43. The summed E-state index contributed by atoms with van der Waals surface area (Å²) in [5.41, 5.74) is 1.34. The largest absolute Gasteiger partial charge is 0.353 e. The third-order valence-corrected chi connectivity index (χ3v) is 2.93. The molecule has 0 aliphatic carbocycles. The number of fused-ring (bicyclic) bond motifs is 1. The van der Waals surface area contributed by atoms with Crippen molar-refractivity contribution in [3.63, 3.8) is 0 Å². The fourth-order valence-electron chi connectivity index (χ4n) is 2.27. The van der Waals surface area contributed by atoms with Gasteiger partial charge in [0.2, 0.25) is 5.95 Å². The van der Waals surface area contributed by atoms with E-state index in [2.05, 4.69) is 42.6 Å². The van der Waals surface area contributed by atoms with Crippen molar-refractivity contribution >= 4 is 5.95 Å². The van der Waals surface area contributed by atoms with Crippen LogP contribution in [0.4, 0.5) is 5.95 Å². The molecule has 0 saturated heterocycles. The molecule has 78 valence electrons. The lowest BCUT2D eigenvalue weighted by molar-refractivity contribution is 0.433. The molecule has 1 aromatic heterocycles. The molecule has 0 spiro atoms. The van der Waals surface area contributed by atoms with Crippen LogP contribution in [0.5, 0.6) is 0 Å². The lowest BCUT2D eigenvalue weighted by Crippen LogP contribution is -2.29. The minimum absolute atomic E-state index is 0.542. The number of anilines is 1. The van der Waals surface area contributed by atoms with E-state index < -0.39 is 0 Å². The number of nitrogens with one attached hydrogen (secondary N) is 1. The summed E-state index contributed by atoms with van der Waals surface area (Å²) in [6.45, 7) is 8.92. The van der Waals surface area contributed by atoms with Gasteiger partial charge in [-0.05, 0) is 26.2 Å². The van der Waals surface area contributed by atoms with E-state index >= 15 is 0 Å². The van der Waals surface area contributed by atoms with Gasteiger partial charge in [0.1, 0.15) is 0 Å². The van der Waals surface area contributed by atoms with E-state index in [0.717, 1.165) is 5.95 Å². The van der Waals surface area contributed by atoms with E-state index in [4.69, 9.17) is 0 Å². The van der Waals surface area contributed by atoms with Gasteiger partial charge in [0.25, 0.3) is 0 Å². The minimum atomic E-state index is 0.542. The third kappa shape index (κ3) is 1.41. The van der Waals surface area contributed by atoms with Crippen LogP contribution in [0.15, 0.2) is 6.20 Å². The highest BCUT2D eigenvalue weighted by Gasteiger charge is 2.24. The average molecular weight is 193 g/mol. The summed E-state index contributed by atoms with van der Waals surface area (Å²) in [6.07, 6.45) is 3.19. The van der Waals surface area contributed by atoms with Gasteiger partial charge in [0.05, 0.1) is 6.20 Å². The predicted molar refractivity (Wildman–Crippen MR) is 58.7 cm³/mol. The zero-order chi connectivity index (χ0) is 10.3. The molecule has 0 bridgehead atoms. The molecular weight excluding hydrogens is 174 g/mol. The molecule has 0 saturated carbocycles. The van der Waals surface area contributed by atoms with Gasteiger partial charge in [-0.15, -0.1) is 0 Å². The molecule has 2 rings (SSSR count). The number of imidazole rings is 1. The first kappa shape index (κ1) is 9.56. The van der Waals surface area contributed by atoms with E-state index in [9.17, 15) is 0 Å². The van der Waals surface area contributed by atoms with Gasteiger partial charge in [-0.1, -0.05) is 13.8 Å². The summed E-state index contributed by atoms with van der Waals surface area (Å²) in [6, 6.07) is 1.11. The molecule has 3 heteroatoms. The first-order chi connectivity index (χ1) is 6.59. The Balaban J connectivity index is 2.41. The summed E-state index contributed by atoms with van der Waals surface area (Å²) in [5.74, 6) is 1.59. The topological polar surface area (TPSA) is 29.9 Å². The van der Waals surface area contributed by atoms with Crippen molar-refractivity contribution in [2.45, 2.75) is 52.1 Å². The van der Waals surface area contributed by atoms with Crippen molar-refractivity contribution in [3.8, 4) is 0 Å². The monoisotopic (exact) mass is 193 g/mol. The Morgan fingerprint density at radius 2 is 2.21 bits per heavy atom. The smallest absolute Gasteiger partial charge is 0.203 e. The van der Waals surface area contributed by atoms with Gasteiger partial charge < -0.3 is 9.88 Å². The molecule has 1 aliphatic rings. The van der Waals surface area contributed by atoms with Crippen LogP contribution >= 0.6 is 0 Å². The molecule has 2 unspecified atom stereocenters. The van der Waals surface area contributed by atoms with Gasteiger partial charge in [-0.2, -0.15) is 0 Å². The number of hydrogen-bond acceptors (Lipinski definition) is 2. The van der Waals surface area contributed by atoms with E-state index in [1.54, 1.807) is 0 Å². The van der Waals surface area contributed by atoms with Gasteiger partial charge in [0, 0.05) is 17.8 Å². The van der Waals surface area contributed by atoms with Crippen LogP contribution in [0.25, 0.3) is 0 Å². The zero-order valence-corrected chi connectivity index (χ0v) is 9.41. The Labute approximate surface area is 85.5 Å². The summed E-state index contributed by atoms with van der Waals surface area (Å²) >= 11 is 0. The van der Waals surface area contributed by atoms with Crippen molar-refractivity contribution in [2.75, 3.05) is 5.32 Å². The summed E-state index contributed by atoms with van der Waals surface area (Å²) in [5, 5.41) is 3.42. The molecule has 0 fully saturated rings. The Hall–Kier alpha value is -0.990. The Morgan fingerprint density at radius 3 is 2.86 bits per heavy atom. The van der Waals surface area contributed by atoms with Crippen LogP contribution in [0.2, 0.25) is 0 Å². The van der Waals surface area contributed by atoms with Gasteiger partial charge in [0.15, 0.2) is 0 Å². The molecule has 0 aromatic carbocycles.